The summed E-state index contributed by atoms with van der Waals surface area (Å²) in [6.45, 7) is 2.30. The molecule has 90 valence electrons. The van der Waals surface area contributed by atoms with Crippen molar-refractivity contribution in [2.45, 2.75) is 19.9 Å². The molecule has 0 spiro atoms. The number of amides is 1. The molecule has 2 rings (SSSR count). The van der Waals surface area contributed by atoms with Gasteiger partial charge in [-0.15, -0.1) is 0 Å². The Morgan fingerprint density at radius 3 is 3.00 bits per heavy atom. The van der Waals surface area contributed by atoms with E-state index in [1.165, 1.54) is 0 Å². The van der Waals surface area contributed by atoms with Crippen molar-refractivity contribution in [2.24, 2.45) is 0 Å². The van der Waals surface area contributed by atoms with E-state index >= 15 is 0 Å². The summed E-state index contributed by atoms with van der Waals surface area (Å²) in [5, 5.41) is 3.80. The number of hydrogen-bond donors (Lipinski definition) is 1. The van der Waals surface area contributed by atoms with Crippen LogP contribution < -0.4 is 10.1 Å². The smallest absolute Gasteiger partial charge is 0.219 e. The van der Waals surface area contributed by atoms with E-state index in [9.17, 15) is 4.79 Å². The highest BCUT2D eigenvalue weighted by molar-refractivity contribution is 5.83. The van der Waals surface area contributed by atoms with Gasteiger partial charge in [-0.2, -0.15) is 0 Å². The number of ether oxygens (including phenoxy) is 1. The van der Waals surface area contributed by atoms with Crippen LogP contribution in [-0.2, 0) is 11.3 Å². The number of carbonyl (C=O) groups is 1. The molecule has 1 heterocycles. The van der Waals surface area contributed by atoms with Crippen LogP contribution in [0.25, 0.3) is 11.0 Å². The van der Waals surface area contributed by atoms with Gasteiger partial charge < -0.3 is 14.5 Å². The zero-order valence-corrected chi connectivity index (χ0v) is 9.95. The lowest BCUT2D eigenvalue weighted by Crippen LogP contribution is -2.21. The van der Waals surface area contributed by atoms with Gasteiger partial charge in [-0.05, 0) is 18.2 Å². The molecule has 1 aromatic heterocycles. The maximum Gasteiger partial charge on any atom is 0.219 e. The molecule has 0 unspecified atom stereocenters. The molecule has 0 aliphatic rings. The maximum absolute atomic E-state index is 11.2. The molecule has 1 aromatic carbocycles. The lowest BCUT2D eigenvalue weighted by molar-refractivity contribution is -0.120. The van der Waals surface area contributed by atoms with Crippen molar-refractivity contribution in [3.8, 4) is 5.75 Å². The van der Waals surface area contributed by atoms with Crippen LogP contribution in [0, 0.1) is 0 Å². The third kappa shape index (κ3) is 2.41. The lowest BCUT2D eigenvalue weighted by atomic mass is 10.1. The van der Waals surface area contributed by atoms with Gasteiger partial charge >= 0.3 is 0 Å². The summed E-state index contributed by atoms with van der Waals surface area (Å²) >= 11 is 0. The van der Waals surface area contributed by atoms with Crippen LogP contribution in [-0.4, -0.2) is 13.0 Å². The van der Waals surface area contributed by atoms with Crippen molar-refractivity contribution in [1.82, 2.24) is 5.32 Å². The molecular weight excluding hydrogens is 218 g/mol. The van der Waals surface area contributed by atoms with Gasteiger partial charge in [-0.3, -0.25) is 4.79 Å². The Hall–Kier alpha value is -1.97. The van der Waals surface area contributed by atoms with Crippen LogP contribution in [0.5, 0.6) is 5.75 Å². The van der Waals surface area contributed by atoms with E-state index in [0.717, 1.165) is 22.3 Å². The molecule has 0 aliphatic heterocycles. The second-order valence-corrected chi connectivity index (χ2v) is 3.75. The third-order valence-corrected chi connectivity index (χ3v) is 2.66. The molecule has 0 saturated carbocycles. The largest absolute Gasteiger partial charge is 0.497 e. The number of nitrogens with one attached hydrogen (secondary N) is 1. The van der Waals surface area contributed by atoms with Crippen LogP contribution >= 0.6 is 0 Å². The van der Waals surface area contributed by atoms with E-state index in [4.69, 9.17) is 9.15 Å². The van der Waals surface area contributed by atoms with Crippen molar-refractivity contribution in [2.75, 3.05) is 7.11 Å². The monoisotopic (exact) mass is 233 g/mol. The van der Waals surface area contributed by atoms with Crippen molar-refractivity contribution in [3.05, 3.63) is 30.0 Å². The fraction of sp³-hybridized carbons (Fsp3) is 0.308. The summed E-state index contributed by atoms with van der Waals surface area (Å²) < 4.78 is 10.6. The average molecular weight is 233 g/mol. The molecule has 4 heteroatoms. The maximum atomic E-state index is 11.2. The Morgan fingerprint density at radius 2 is 2.29 bits per heavy atom. The van der Waals surface area contributed by atoms with E-state index in [0.29, 0.717) is 13.0 Å². The highest BCUT2D eigenvalue weighted by atomic mass is 16.5. The fourth-order valence-electron chi connectivity index (χ4n) is 1.64. The predicted octanol–water partition coefficient (Wildman–Crippen LogP) is 2.47. The van der Waals surface area contributed by atoms with Gasteiger partial charge in [-0.25, -0.2) is 0 Å². The van der Waals surface area contributed by atoms with Crippen molar-refractivity contribution in [1.29, 1.82) is 0 Å². The Kier molecular flexibility index (Phi) is 3.32. The van der Waals surface area contributed by atoms with Gasteiger partial charge in [0.15, 0.2) is 0 Å². The molecule has 2 aromatic rings. The quantitative estimate of drug-likeness (QED) is 0.882. The summed E-state index contributed by atoms with van der Waals surface area (Å²) in [7, 11) is 1.62. The van der Waals surface area contributed by atoms with Gasteiger partial charge in [0.25, 0.3) is 0 Å². The molecule has 1 N–H and O–H groups in total. The fourth-order valence-corrected chi connectivity index (χ4v) is 1.64. The van der Waals surface area contributed by atoms with E-state index < -0.39 is 0 Å². The minimum Gasteiger partial charge on any atom is -0.497 e. The zero-order chi connectivity index (χ0) is 12.3. The molecule has 0 atom stereocenters. The zero-order valence-electron chi connectivity index (χ0n) is 9.95. The molecular formula is C13H15NO3. The molecule has 0 radical (unpaired) electrons. The van der Waals surface area contributed by atoms with Crippen LogP contribution in [0.2, 0.25) is 0 Å². The molecule has 0 aliphatic carbocycles. The number of rotatable bonds is 4. The first-order chi connectivity index (χ1) is 8.24. The number of methoxy groups -OCH3 is 1. The molecule has 4 nitrogen and oxygen atoms in total. The Balaban J connectivity index is 2.25. The Morgan fingerprint density at radius 1 is 1.47 bits per heavy atom. The summed E-state index contributed by atoms with van der Waals surface area (Å²) in [4.78, 5) is 11.2. The summed E-state index contributed by atoms with van der Waals surface area (Å²) in [5.41, 5.74) is 1.76. The molecule has 0 saturated heterocycles. The standard InChI is InChI=1S/C13H15NO3/c1-3-13(15)14-7-9-8-17-12-5-4-10(16-2)6-11(9)12/h4-6,8H,3,7H2,1-2H3,(H,14,15). The van der Waals surface area contributed by atoms with Crippen molar-refractivity contribution in [3.63, 3.8) is 0 Å². The van der Waals surface area contributed by atoms with Crippen LogP contribution in [0.15, 0.2) is 28.9 Å². The number of carbonyl (C=O) groups excluding carboxylic acids is 1. The van der Waals surface area contributed by atoms with E-state index in [2.05, 4.69) is 5.32 Å². The van der Waals surface area contributed by atoms with Gasteiger partial charge in [0.1, 0.15) is 11.3 Å². The Labute approximate surface area is 99.6 Å². The number of furan rings is 1. The first-order valence-corrected chi connectivity index (χ1v) is 5.55. The molecule has 0 bridgehead atoms. The average Bonchev–Trinajstić information content (AvgIpc) is 2.78. The van der Waals surface area contributed by atoms with E-state index in [-0.39, 0.29) is 5.91 Å². The number of fused-ring (bicyclic) bond motifs is 1. The normalized spacial score (nSPS) is 10.5. The van der Waals surface area contributed by atoms with Crippen LogP contribution in [0.3, 0.4) is 0 Å². The van der Waals surface area contributed by atoms with E-state index in [1.54, 1.807) is 13.4 Å². The summed E-state index contributed by atoms with van der Waals surface area (Å²) in [6.07, 6.45) is 2.15. The SMILES string of the molecule is CCC(=O)NCc1coc2ccc(OC)cc12. The van der Waals surface area contributed by atoms with Gasteiger partial charge in [0, 0.05) is 23.9 Å². The minimum atomic E-state index is 0.0299. The second-order valence-electron chi connectivity index (χ2n) is 3.75. The highest BCUT2D eigenvalue weighted by Crippen LogP contribution is 2.25. The van der Waals surface area contributed by atoms with Gasteiger partial charge in [0.2, 0.25) is 5.91 Å². The first kappa shape index (κ1) is 11.5. The predicted molar refractivity (Wildman–Crippen MR) is 64.9 cm³/mol. The van der Waals surface area contributed by atoms with Crippen molar-refractivity contribution < 1.29 is 13.9 Å². The minimum absolute atomic E-state index is 0.0299. The van der Waals surface area contributed by atoms with Crippen LogP contribution in [0.1, 0.15) is 18.9 Å². The third-order valence-electron chi connectivity index (χ3n) is 2.66. The van der Waals surface area contributed by atoms with Gasteiger partial charge in [0.05, 0.1) is 13.4 Å². The number of hydrogen-bond acceptors (Lipinski definition) is 3. The lowest BCUT2D eigenvalue weighted by Gasteiger charge is -2.02. The first-order valence-electron chi connectivity index (χ1n) is 5.55. The van der Waals surface area contributed by atoms with Gasteiger partial charge in [-0.1, -0.05) is 6.92 Å². The van der Waals surface area contributed by atoms with Crippen molar-refractivity contribution >= 4 is 16.9 Å². The highest BCUT2D eigenvalue weighted by Gasteiger charge is 2.07. The summed E-state index contributed by atoms with van der Waals surface area (Å²) in [5.74, 6) is 0.809. The Bertz CT molecular complexity index is 530. The number of benzene rings is 1. The van der Waals surface area contributed by atoms with E-state index in [1.807, 2.05) is 25.1 Å². The van der Waals surface area contributed by atoms with Crippen LogP contribution in [0.4, 0.5) is 0 Å². The molecule has 0 fully saturated rings. The second kappa shape index (κ2) is 4.91. The molecule has 17 heavy (non-hydrogen) atoms. The summed E-state index contributed by atoms with van der Waals surface area (Å²) in [6, 6.07) is 5.62. The topological polar surface area (TPSA) is 51.5 Å². The molecule has 1 amide bonds.